The van der Waals surface area contributed by atoms with Crippen LogP contribution in [0.3, 0.4) is 0 Å². The largest absolute Gasteiger partial charge is 0.480 e. The quantitative estimate of drug-likeness (QED) is 0.668. The molecule has 4 atom stereocenters. The van der Waals surface area contributed by atoms with Crippen molar-refractivity contribution in [2.75, 3.05) is 13.2 Å². The molecular formula is C17H22O9S. The summed E-state index contributed by atoms with van der Waals surface area (Å²) in [4.78, 5) is 10.6. The standard InChI is InChI=1S/C17H22O9S/c1-10-4-6-11(7-5-10)27(20,21)26-14-12(8-22-9-13(18)19)23-16-15(14)24-17(2,3)25-16/h4-7,12,14-16H,8-9H2,1-3H3,(H,18,19)/t12-,14-,15-,16+/m1/s1. The van der Waals surface area contributed by atoms with Crippen LogP contribution in [0, 0.1) is 6.92 Å². The Kier molecular flexibility index (Phi) is 5.57. The van der Waals surface area contributed by atoms with Gasteiger partial charge in [-0.05, 0) is 32.9 Å². The molecule has 2 fully saturated rings. The van der Waals surface area contributed by atoms with Crippen molar-refractivity contribution in [3.63, 3.8) is 0 Å². The highest BCUT2D eigenvalue weighted by Crippen LogP contribution is 2.39. The number of hydrogen-bond acceptors (Lipinski definition) is 8. The third-order valence-electron chi connectivity index (χ3n) is 4.14. The first kappa shape index (κ1) is 20.2. The van der Waals surface area contributed by atoms with Crippen LogP contribution < -0.4 is 0 Å². The number of ether oxygens (including phenoxy) is 4. The third kappa shape index (κ3) is 4.65. The zero-order chi connectivity index (χ0) is 19.8. The van der Waals surface area contributed by atoms with E-state index in [1.165, 1.54) is 12.1 Å². The molecule has 0 bridgehead atoms. The van der Waals surface area contributed by atoms with Gasteiger partial charge in [0.05, 0.1) is 11.5 Å². The molecule has 27 heavy (non-hydrogen) atoms. The fraction of sp³-hybridized carbons (Fsp3) is 0.588. The third-order valence-corrected chi connectivity index (χ3v) is 5.47. The highest BCUT2D eigenvalue weighted by Gasteiger charge is 2.56. The summed E-state index contributed by atoms with van der Waals surface area (Å²) in [5.74, 6) is -2.11. The average molecular weight is 402 g/mol. The molecule has 0 amide bonds. The summed E-state index contributed by atoms with van der Waals surface area (Å²) in [7, 11) is -4.10. The van der Waals surface area contributed by atoms with E-state index >= 15 is 0 Å². The number of fused-ring (bicyclic) bond motifs is 1. The van der Waals surface area contributed by atoms with Gasteiger partial charge in [-0.3, -0.25) is 4.18 Å². The van der Waals surface area contributed by atoms with Crippen molar-refractivity contribution in [2.45, 2.75) is 56.1 Å². The first-order valence-electron chi connectivity index (χ1n) is 8.38. The number of rotatable bonds is 7. The summed E-state index contributed by atoms with van der Waals surface area (Å²) < 4.78 is 52.8. The molecule has 0 aliphatic carbocycles. The van der Waals surface area contributed by atoms with Crippen LogP contribution in [0.25, 0.3) is 0 Å². The van der Waals surface area contributed by atoms with E-state index in [1.54, 1.807) is 26.0 Å². The first-order valence-corrected chi connectivity index (χ1v) is 9.79. The summed E-state index contributed by atoms with van der Waals surface area (Å²) in [6, 6.07) is 6.22. The Balaban J connectivity index is 1.78. The second-order valence-corrected chi connectivity index (χ2v) is 8.45. The van der Waals surface area contributed by atoms with E-state index in [-0.39, 0.29) is 11.5 Å². The molecule has 0 aromatic heterocycles. The highest BCUT2D eigenvalue weighted by molar-refractivity contribution is 7.86. The van der Waals surface area contributed by atoms with Gasteiger partial charge in [0.2, 0.25) is 0 Å². The van der Waals surface area contributed by atoms with E-state index in [0.717, 1.165) is 5.56 Å². The summed E-state index contributed by atoms with van der Waals surface area (Å²) in [5.41, 5.74) is 0.910. The molecule has 2 aliphatic rings. The topological polar surface area (TPSA) is 118 Å². The lowest BCUT2D eigenvalue weighted by Gasteiger charge is -2.25. The van der Waals surface area contributed by atoms with Crippen LogP contribution in [0.2, 0.25) is 0 Å². The molecule has 0 radical (unpaired) electrons. The molecule has 1 N–H and O–H groups in total. The maximum Gasteiger partial charge on any atom is 0.329 e. The predicted molar refractivity (Wildman–Crippen MR) is 90.4 cm³/mol. The van der Waals surface area contributed by atoms with Gasteiger partial charge in [-0.2, -0.15) is 8.42 Å². The van der Waals surface area contributed by atoms with Gasteiger partial charge in [-0.1, -0.05) is 17.7 Å². The number of aliphatic carboxylic acids is 1. The number of benzene rings is 1. The van der Waals surface area contributed by atoms with Crippen LogP contribution in [0.15, 0.2) is 29.2 Å². The lowest BCUT2D eigenvalue weighted by atomic mass is 10.1. The van der Waals surface area contributed by atoms with Gasteiger partial charge in [0, 0.05) is 0 Å². The van der Waals surface area contributed by atoms with Crippen molar-refractivity contribution in [3.05, 3.63) is 29.8 Å². The molecular weight excluding hydrogens is 380 g/mol. The number of hydrogen-bond donors (Lipinski definition) is 1. The van der Waals surface area contributed by atoms with Crippen LogP contribution >= 0.6 is 0 Å². The van der Waals surface area contributed by atoms with E-state index in [1.807, 2.05) is 6.92 Å². The fourth-order valence-electron chi connectivity index (χ4n) is 2.97. The number of aryl methyl sites for hydroxylation is 1. The van der Waals surface area contributed by atoms with Crippen LogP contribution in [-0.4, -0.2) is 63.1 Å². The van der Waals surface area contributed by atoms with Gasteiger partial charge in [0.1, 0.15) is 24.9 Å². The molecule has 0 spiro atoms. The summed E-state index contributed by atoms with van der Waals surface area (Å²) in [6.45, 7) is 4.47. The molecule has 150 valence electrons. The van der Waals surface area contributed by atoms with Crippen molar-refractivity contribution in [3.8, 4) is 0 Å². The van der Waals surface area contributed by atoms with Crippen molar-refractivity contribution in [1.82, 2.24) is 0 Å². The average Bonchev–Trinajstić information content (AvgIpc) is 3.00. The molecule has 9 nitrogen and oxygen atoms in total. The van der Waals surface area contributed by atoms with Crippen LogP contribution in [0.4, 0.5) is 0 Å². The normalized spacial score (nSPS) is 29.6. The molecule has 2 saturated heterocycles. The number of carboxylic acids is 1. The maximum atomic E-state index is 12.7. The second-order valence-electron chi connectivity index (χ2n) is 6.88. The highest BCUT2D eigenvalue weighted by atomic mass is 32.2. The second kappa shape index (κ2) is 7.46. The molecule has 10 heteroatoms. The van der Waals surface area contributed by atoms with Gasteiger partial charge in [0.25, 0.3) is 10.1 Å². The van der Waals surface area contributed by atoms with Gasteiger partial charge in [-0.15, -0.1) is 0 Å². The Bertz CT molecular complexity index is 787. The Morgan fingerprint density at radius 2 is 1.89 bits per heavy atom. The van der Waals surface area contributed by atoms with Crippen molar-refractivity contribution < 1.29 is 41.4 Å². The lowest BCUT2D eigenvalue weighted by Crippen LogP contribution is -2.40. The van der Waals surface area contributed by atoms with Crippen molar-refractivity contribution in [1.29, 1.82) is 0 Å². The van der Waals surface area contributed by atoms with E-state index in [9.17, 15) is 13.2 Å². The van der Waals surface area contributed by atoms with Crippen LogP contribution in [0.1, 0.15) is 19.4 Å². The van der Waals surface area contributed by atoms with E-state index in [4.69, 9.17) is 28.2 Å². The summed E-state index contributed by atoms with van der Waals surface area (Å²) in [5, 5.41) is 8.70. The van der Waals surface area contributed by atoms with Gasteiger partial charge < -0.3 is 24.1 Å². The van der Waals surface area contributed by atoms with E-state index < -0.39 is 53.1 Å². The van der Waals surface area contributed by atoms with Crippen molar-refractivity contribution in [2.24, 2.45) is 0 Å². The van der Waals surface area contributed by atoms with Gasteiger partial charge >= 0.3 is 5.97 Å². The summed E-state index contributed by atoms with van der Waals surface area (Å²) >= 11 is 0. The molecule has 1 aromatic rings. The first-order chi connectivity index (χ1) is 12.6. The number of carboxylic acid groups (broad SMARTS) is 1. The molecule has 3 rings (SSSR count). The van der Waals surface area contributed by atoms with E-state index in [2.05, 4.69) is 0 Å². The minimum atomic E-state index is -4.10. The lowest BCUT2D eigenvalue weighted by molar-refractivity contribution is -0.218. The fourth-order valence-corrected chi connectivity index (χ4v) is 4.07. The Labute approximate surface area is 157 Å². The minimum Gasteiger partial charge on any atom is -0.480 e. The maximum absolute atomic E-state index is 12.7. The molecule has 0 unspecified atom stereocenters. The van der Waals surface area contributed by atoms with Crippen LogP contribution in [0.5, 0.6) is 0 Å². The monoisotopic (exact) mass is 402 g/mol. The van der Waals surface area contributed by atoms with Crippen molar-refractivity contribution >= 4 is 16.1 Å². The zero-order valence-corrected chi connectivity index (χ0v) is 16.0. The smallest absolute Gasteiger partial charge is 0.329 e. The van der Waals surface area contributed by atoms with E-state index in [0.29, 0.717) is 0 Å². The Morgan fingerprint density at radius 3 is 2.52 bits per heavy atom. The van der Waals surface area contributed by atoms with Gasteiger partial charge in [0.15, 0.2) is 12.1 Å². The molecule has 2 heterocycles. The minimum absolute atomic E-state index is 0.0000650. The number of carbonyl (C=O) groups is 1. The Hall–Kier alpha value is -1.56. The SMILES string of the molecule is Cc1ccc(S(=O)(=O)O[C@H]2[C@H]3OC(C)(C)O[C@@H]3O[C@@H]2COCC(=O)O)cc1. The molecule has 2 aliphatic heterocycles. The summed E-state index contributed by atoms with van der Waals surface area (Å²) in [6.07, 6.45) is -3.54. The molecule has 1 aromatic carbocycles. The predicted octanol–water partition coefficient (Wildman–Crippen LogP) is 1.05. The van der Waals surface area contributed by atoms with Crippen LogP contribution in [-0.2, 0) is 38.0 Å². The molecule has 0 saturated carbocycles. The zero-order valence-electron chi connectivity index (χ0n) is 15.2. The Morgan fingerprint density at radius 1 is 1.22 bits per heavy atom. The van der Waals surface area contributed by atoms with Gasteiger partial charge in [-0.25, -0.2) is 4.79 Å².